The van der Waals surface area contributed by atoms with E-state index in [9.17, 15) is 0 Å². The van der Waals surface area contributed by atoms with Gasteiger partial charge in [-0.3, -0.25) is 0 Å². The van der Waals surface area contributed by atoms with Crippen molar-refractivity contribution < 1.29 is 0 Å². The molecule has 7 heteroatoms. The van der Waals surface area contributed by atoms with Gasteiger partial charge in [0, 0.05) is 36.2 Å². The minimum atomic E-state index is 0.416. The fraction of sp³-hybridized carbons (Fsp3) is 0.118. The number of rotatable bonds is 5. The van der Waals surface area contributed by atoms with E-state index in [1.54, 1.807) is 6.20 Å². The highest BCUT2D eigenvalue weighted by Gasteiger charge is 2.03. The third-order valence-electron chi connectivity index (χ3n) is 3.30. The zero-order valence-electron chi connectivity index (χ0n) is 13.4. The number of halogens is 1. The van der Waals surface area contributed by atoms with Crippen molar-refractivity contribution in [1.82, 2.24) is 15.2 Å². The summed E-state index contributed by atoms with van der Waals surface area (Å²) in [6, 6.07) is 15.4. The van der Waals surface area contributed by atoms with E-state index < -0.39 is 0 Å². The maximum absolute atomic E-state index is 5.98. The number of aromatic nitrogens is 3. The first-order valence-electron chi connectivity index (χ1n) is 7.37. The lowest BCUT2D eigenvalue weighted by Crippen LogP contribution is -2.08. The molecule has 0 saturated heterocycles. The molecule has 0 aliphatic heterocycles. The molecule has 0 radical (unpaired) electrons. The fourth-order valence-electron chi connectivity index (χ4n) is 2.10. The molecular weight excluding hydrogens is 324 g/mol. The maximum atomic E-state index is 5.98. The Balaban J connectivity index is 1.73. The van der Waals surface area contributed by atoms with Crippen molar-refractivity contribution in [3.8, 4) is 0 Å². The minimum Gasteiger partial charge on any atom is -0.378 e. The summed E-state index contributed by atoms with van der Waals surface area (Å²) in [5, 5.41) is 14.9. The quantitative estimate of drug-likeness (QED) is 0.729. The molecule has 122 valence electrons. The van der Waals surface area contributed by atoms with Gasteiger partial charge in [-0.05, 0) is 42.5 Å². The average molecular weight is 341 g/mol. The summed E-state index contributed by atoms with van der Waals surface area (Å²) in [6.07, 6.45) is 1.56. The van der Waals surface area contributed by atoms with Crippen LogP contribution in [-0.4, -0.2) is 29.3 Å². The van der Waals surface area contributed by atoms with Gasteiger partial charge in [0.2, 0.25) is 5.95 Å². The number of benzene rings is 2. The average Bonchev–Trinajstić information content (AvgIpc) is 2.56. The van der Waals surface area contributed by atoms with E-state index in [2.05, 4.69) is 25.8 Å². The number of hydrogen-bond donors (Lipinski definition) is 2. The topological polar surface area (TPSA) is 66.0 Å². The van der Waals surface area contributed by atoms with Crippen molar-refractivity contribution in [3.63, 3.8) is 0 Å². The van der Waals surface area contributed by atoms with Crippen molar-refractivity contribution in [3.05, 3.63) is 59.8 Å². The van der Waals surface area contributed by atoms with Crippen LogP contribution in [0.4, 0.5) is 28.8 Å². The molecule has 2 aromatic carbocycles. The highest BCUT2D eigenvalue weighted by molar-refractivity contribution is 6.30. The van der Waals surface area contributed by atoms with Crippen LogP contribution in [0, 0.1) is 0 Å². The summed E-state index contributed by atoms with van der Waals surface area (Å²) in [6.45, 7) is 0. The summed E-state index contributed by atoms with van der Waals surface area (Å²) in [4.78, 5) is 6.44. The largest absolute Gasteiger partial charge is 0.378 e. The van der Waals surface area contributed by atoms with Crippen LogP contribution in [0.25, 0.3) is 0 Å². The van der Waals surface area contributed by atoms with Crippen LogP contribution >= 0.6 is 11.6 Å². The summed E-state index contributed by atoms with van der Waals surface area (Å²) >= 11 is 5.98. The number of anilines is 5. The second-order valence-corrected chi connectivity index (χ2v) is 5.80. The van der Waals surface area contributed by atoms with Crippen LogP contribution in [0.2, 0.25) is 5.02 Å². The van der Waals surface area contributed by atoms with Gasteiger partial charge in [0.1, 0.15) is 0 Å². The molecule has 0 bridgehead atoms. The summed E-state index contributed by atoms with van der Waals surface area (Å²) in [5.41, 5.74) is 2.85. The van der Waals surface area contributed by atoms with Gasteiger partial charge in [0.15, 0.2) is 5.82 Å². The SMILES string of the molecule is CN(C)c1ccc(Nc2nncc(Nc3cccc(Cl)c3)n2)cc1. The third-order valence-corrected chi connectivity index (χ3v) is 3.53. The van der Waals surface area contributed by atoms with E-state index in [-0.39, 0.29) is 0 Å². The molecule has 0 aliphatic carbocycles. The first-order valence-corrected chi connectivity index (χ1v) is 7.75. The Labute approximate surface area is 145 Å². The molecule has 0 aliphatic rings. The zero-order chi connectivity index (χ0) is 16.9. The van der Waals surface area contributed by atoms with Crippen molar-refractivity contribution >= 4 is 40.4 Å². The molecule has 1 heterocycles. The number of hydrogen-bond acceptors (Lipinski definition) is 6. The van der Waals surface area contributed by atoms with Crippen molar-refractivity contribution in [2.24, 2.45) is 0 Å². The van der Waals surface area contributed by atoms with Crippen LogP contribution in [-0.2, 0) is 0 Å². The minimum absolute atomic E-state index is 0.416. The Hall–Kier alpha value is -2.86. The van der Waals surface area contributed by atoms with Crippen molar-refractivity contribution in [2.45, 2.75) is 0 Å². The Morgan fingerprint density at radius 1 is 0.958 bits per heavy atom. The van der Waals surface area contributed by atoms with Crippen LogP contribution < -0.4 is 15.5 Å². The molecule has 6 nitrogen and oxygen atoms in total. The van der Waals surface area contributed by atoms with Crippen LogP contribution in [0.1, 0.15) is 0 Å². The predicted octanol–water partition coefficient (Wildman–Crippen LogP) is 4.08. The van der Waals surface area contributed by atoms with Gasteiger partial charge in [-0.25, -0.2) is 0 Å². The number of nitrogens with one attached hydrogen (secondary N) is 2. The van der Waals surface area contributed by atoms with Gasteiger partial charge < -0.3 is 15.5 Å². The van der Waals surface area contributed by atoms with Gasteiger partial charge in [-0.15, -0.1) is 5.10 Å². The van der Waals surface area contributed by atoms with Gasteiger partial charge >= 0.3 is 0 Å². The van der Waals surface area contributed by atoms with E-state index in [0.717, 1.165) is 17.1 Å². The first-order chi connectivity index (χ1) is 11.6. The fourth-order valence-corrected chi connectivity index (χ4v) is 2.29. The predicted molar refractivity (Wildman–Crippen MR) is 98.6 cm³/mol. The van der Waals surface area contributed by atoms with Crippen LogP contribution in [0.5, 0.6) is 0 Å². The summed E-state index contributed by atoms with van der Waals surface area (Å²) in [5.74, 6) is 0.999. The standard InChI is InChI=1S/C17H17ClN6/c1-24(2)15-8-6-13(7-9-15)21-17-22-16(11-19-23-17)20-14-5-3-4-12(18)10-14/h3-11H,1-2H3,(H2,20,21,22,23). The molecule has 3 rings (SSSR count). The molecule has 24 heavy (non-hydrogen) atoms. The molecule has 0 saturated carbocycles. The van der Waals surface area contributed by atoms with E-state index in [1.165, 1.54) is 0 Å². The van der Waals surface area contributed by atoms with Crippen molar-refractivity contribution in [1.29, 1.82) is 0 Å². The Morgan fingerprint density at radius 3 is 2.46 bits per heavy atom. The molecular formula is C17H17ClN6. The smallest absolute Gasteiger partial charge is 0.249 e. The third kappa shape index (κ3) is 4.11. The molecule has 0 atom stereocenters. The molecule has 0 fully saturated rings. The van der Waals surface area contributed by atoms with E-state index in [4.69, 9.17) is 11.6 Å². The molecule has 2 N–H and O–H groups in total. The normalized spacial score (nSPS) is 10.3. The van der Waals surface area contributed by atoms with Crippen molar-refractivity contribution in [2.75, 3.05) is 29.6 Å². The monoisotopic (exact) mass is 340 g/mol. The zero-order valence-corrected chi connectivity index (χ0v) is 14.1. The van der Waals surface area contributed by atoms with Gasteiger partial charge in [-0.2, -0.15) is 10.1 Å². The van der Waals surface area contributed by atoms with Crippen LogP contribution in [0.15, 0.2) is 54.7 Å². The lowest BCUT2D eigenvalue weighted by molar-refractivity contribution is 0.982. The van der Waals surface area contributed by atoms with Gasteiger partial charge in [0.25, 0.3) is 0 Å². The van der Waals surface area contributed by atoms with Crippen LogP contribution in [0.3, 0.4) is 0 Å². The lowest BCUT2D eigenvalue weighted by Gasteiger charge is -2.13. The van der Waals surface area contributed by atoms with Gasteiger partial charge in [-0.1, -0.05) is 17.7 Å². The molecule has 0 spiro atoms. The van der Waals surface area contributed by atoms with Gasteiger partial charge in [0.05, 0.1) is 6.20 Å². The maximum Gasteiger partial charge on any atom is 0.249 e. The van der Waals surface area contributed by atoms with E-state index in [1.807, 2.05) is 67.5 Å². The lowest BCUT2D eigenvalue weighted by atomic mass is 10.2. The molecule has 3 aromatic rings. The van der Waals surface area contributed by atoms with E-state index >= 15 is 0 Å². The molecule has 1 aromatic heterocycles. The first kappa shape index (κ1) is 16.0. The van der Waals surface area contributed by atoms with E-state index in [0.29, 0.717) is 16.8 Å². The molecule has 0 amide bonds. The highest BCUT2D eigenvalue weighted by Crippen LogP contribution is 2.21. The summed E-state index contributed by atoms with van der Waals surface area (Å²) in [7, 11) is 4.00. The Bertz CT molecular complexity index is 819. The number of nitrogens with zero attached hydrogens (tertiary/aromatic N) is 4. The Morgan fingerprint density at radius 2 is 1.75 bits per heavy atom. The Kier molecular flexibility index (Phi) is 4.77. The summed E-state index contributed by atoms with van der Waals surface area (Å²) < 4.78 is 0. The second-order valence-electron chi connectivity index (χ2n) is 5.37. The second kappa shape index (κ2) is 7.14. The highest BCUT2D eigenvalue weighted by atomic mass is 35.5. The molecule has 0 unspecified atom stereocenters.